The third kappa shape index (κ3) is 11.0. The van der Waals surface area contributed by atoms with Crippen LogP contribution in [0.5, 0.6) is 0 Å². The zero-order valence-corrected chi connectivity index (χ0v) is 25.7. The standard InChI is InChI=1S/C22H35N5O9P.2CH4O/c1-21(2,3)19(28)31-12-34-37(30,35-13-32-20(29)22(4,5)6)33-9-14-7-8-15(36-14)27-11-26-16-17(23)24-10-25-18(16)27;2*1-2/h10-11,14-15,30H,7-9,12-13H2,1-6H3,(H2,23,24,25);2*2H,1H3/q+1;;. The molecule has 0 aromatic carbocycles. The minimum Gasteiger partial charge on any atom is -0.433 e. The zero-order chi connectivity index (χ0) is 31.4. The number of aliphatic hydroxyl groups is 2. The van der Waals surface area contributed by atoms with Crippen molar-refractivity contribution < 1.29 is 52.5 Å². The number of nitrogen functional groups attached to an aromatic ring is 1. The summed E-state index contributed by atoms with van der Waals surface area (Å²) in [6, 6.07) is 0. The van der Waals surface area contributed by atoms with E-state index in [0.29, 0.717) is 24.0 Å². The molecule has 41 heavy (non-hydrogen) atoms. The van der Waals surface area contributed by atoms with E-state index in [0.717, 1.165) is 14.2 Å². The van der Waals surface area contributed by atoms with E-state index in [1.54, 1.807) is 52.4 Å². The maximum Gasteiger partial charge on any atom is 0.579 e. The Balaban J connectivity index is 0.00000201. The Morgan fingerprint density at radius 3 is 2.00 bits per heavy atom. The van der Waals surface area contributed by atoms with Crippen LogP contribution in [0.3, 0.4) is 0 Å². The second-order valence-electron chi connectivity index (χ2n) is 10.5. The molecule has 2 unspecified atom stereocenters. The lowest BCUT2D eigenvalue weighted by Gasteiger charge is -2.20. The van der Waals surface area contributed by atoms with Crippen molar-refractivity contribution in [2.75, 3.05) is 40.1 Å². The first kappa shape index (κ1) is 36.5. The van der Waals surface area contributed by atoms with Crippen molar-refractivity contribution in [3.63, 3.8) is 0 Å². The van der Waals surface area contributed by atoms with Crippen molar-refractivity contribution in [1.82, 2.24) is 19.5 Å². The van der Waals surface area contributed by atoms with E-state index >= 15 is 0 Å². The molecule has 0 amide bonds. The van der Waals surface area contributed by atoms with Crippen LogP contribution in [-0.4, -0.2) is 87.1 Å². The summed E-state index contributed by atoms with van der Waals surface area (Å²) < 4.78 is 34.0. The third-order valence-electron chi connectivity index (χ3n) is 5.24. The predicted octanol–water partition coefficient (Wildman–Crippen LogP) is 2.12. The quantitative estimate of drug-likeness (QED) is 0.172. The minimum atomic E-state index is -4.06. The Kier molecular flexibility index (Phi) is 14.4. The number of carbonyl (C=O) groups is 2. The van der Waals surface area contributed by atoms with Gasteiger partial charge in [0, 0.05) is 14.2 Å². The van der Waals surface area contributed by atoms with Gasteiger partial charge in [0.05, 0.1) is 23.3 Å². The highest BCUT2D eigenvalue weighted by molar-refractivity contribution is 7.55. The molecule has 16 nitrogen and oxygen atoms in total. The number of aromatic nitrogens is 4. The summed E-state index contributed by atoms with van der Waals surface area (Å²) in [7, 11) is -2.06. The molecular weight excluding hydrogens is 565 g/mol. The highest BCUT2D eigenvalue weighted by Crippen LogP contribution is 2.58. The van der Waals surface area contributed by atoms with Gasteiger partial charge >= 0.3 is 20.1 Å². The van der Waals surface area contributed by atoms with Crippen molar-refractivity contribution in [1.29, 1.82) is 0 Å². The van der Waals surface area contributed by atoms with Gasteiger partial charge in [0.25, 0.3) is 0 Å². The van der Waals surface area contributed by atoms with Gasteiger partial charge in [0.15, 0.2) is 11.5 Å². The number of rotatable bonds is 10. The molecule has 2 atom stereocenters. The lowest BCUT2D eigenvalue weighted by molar-refractivity contribution is -0.165. The van der Waals surface area contributed by atoms with Gasteiger partial charge in [-0.1, -0.05) is 0 Å². The molecule has 5 N–H and O–H groups in total. The van der Waals surface area contributed by atoms with Gasteiger partial charge in [-0.2, -0.15) is 9.42 Å². The van der Waals surface area contributed by atoms with Crippen molar-refractivity contribution in [3.8, 4) is 0 Å². The summed E-state index contributed by atoms with van der Waals surface area (Å²) >= 11 is 0. The number of esters is 2. The van der Waals surface area contributed by atoms with E-state index in [2.05, 4.69) is 15.0 Å². The number of imidazole rings is 1. The maximum atomic E-state index is 12.0. The number of fused-ring (bicyclic) bond motifs is 1. The normalized spacial score (nSPS) is 17.2. The van der Waals surface area contributed by atoms with Gasteiger partial charge < -0.3 is 30.2 Å². The van der Waals surface area contributed by atoms with Gasteiger partial charge in [-0.25, -0.2) is 15.0 Å². The van der Waals surface area contributed by atoms with E-state index in [1.807, 2.05) is 0 Å². The molecule has 0 radical (unpaired) electrons. The Morgan fingerprint density at radius 2 is 1.49 bits per heavy atom. The number of hydrogen-bond acceptors (Lipinski definition) is 15. The zero-order valence-electron chi connectivity index (χ0n) is 24.8. The van der Waals surface area contributed by atoms with Crippen LogP contribution < -0.4 is 5.73 Å². The first-order chi connectivity index (χ1) is 19.2. The average Bonchev–Trinajstić information content (AvgIpc) is 3.56. The van der Waals surface area contributed by atoms with E-state index in [9.17, 15) is 14.5 Å². The van der Waals surface area contributed by atoms with E-state index in [1.165, 1.54) is 6.33 Å². The fourth-order valence-electron chi connectivity index (χ4n) is 3.11. The van der Waals surface area contributed by atoms with Gasteiger partial charge in [-0.05, 0) is 54.4 Å². The molecule has 0 saturated carbocycles. The topological polar surface area (TPSA) is 220 Å². The first-order valence-corrected chi connectivity index (χ1v) is 14.1. The molecule has 1 aliphatic rings. The molecule has 2 aromatic rings. The molecule has 3 rings (SSSR count). The molecular formula is C24H43N5O11P+. The molecule has 17 heteroatoms. The molecule has 1 aliphatic heterocycles. The van der Waals surface area contributed by atoms with E-state index in [4.69, 9.17) is 43.7 Å². The lowest BCUT2D eigenvalue weighted by atomic mass is 9.98. The smallest absolute Gasteiger partial charge is 0.433 e. The summed E-state index contributed by atoms with van der Waals surface area (Å²) in [5.41, 5.74) is 5.32. The monoisotopic (exact) mass is 608 g/mol. The molecule has 3 heterocycles. The van der Waals surface area contributed by atoms with Crippen molar-refractivity contribution in [2.24, 2.45) is 10.8 Å². The highest BCUT2D eigenvalue weighted by Gasteiger charge is 2.48. The molecule has 1 saturated heterocycles. The van der Waals surface area contributed by atoms with Crippen molar-refractivity contribution >= 4 is 37.1 Å². The Hall–Kier alpha value is -2.56. The first-order valence-electron chi connectivity index (χ1n) is 12.6. The molecule has 2 aromatic heterocycles. The Morgan fingerprint density at radius 1 is 0.951 bits per heavy atom. The van der Waals surface area contributed by atoms with Gasteiger partial charge in [-0.3, -0.25) is 14.2 Å². The summed E-state index contributed by atoms with van der Waals surface area (Å²) in [6.45, 7) is 8.70. The number of carbonyl (C=O) groups excluding carboxylic acids is 2. The van der Waals surface area contributed by atoms with Crippen LogP contribution in [-0.2, 0) is 37.4 Å². The fourth-order valence-corrected chi connectivity index (χ4v) is 4.06. The number of nitrogens with zero attached hydrogens (tertiary/aromatic N) is 4. The number of hydrogen-bond donors (Lipinski definition) is 4. The highest BCUT2D eigenvalue weighted by atomic mass is 31.2. The maximum absolute atomic E-state index is 12.0. The molecule has 0 aliphatic carbocycles. The third-order valence-corrected chi connectivity index (χ3v) is 6.58. The largest absolute Gasteiger partial charge is 0.579 e. The lowest BCUT2D eigenvalue weighted by Crippen LogP contribution is -2.26. The summed E-state index contributed by atoms with van der Waals surface area (Å²) in [6.07, 6.45) is 3.31. The summed E-state index contributed by atoms with van der Waals surface area (Å²) in [5.74, 6) is -0.820. The SMILES string of the molecule is CC(C)(C)C(=O)OCO[P+](O)(OCOC(=O)C(C)(C)C)OCC1CCC(n2cnc3c(N)ncnc32)O1.CO.CO. The molecule has 234 valence electrons. The van der Waals surface area contributed by atoms with Gasteiger partial charge in [-0.15, -0.1) is 9.05 Å². The van der Waals surface area contributed by atoms with Crippen LogP contribution in [0.4, 0.5) is 5.82 Å². The van der Waals surface area contributed by atoms with Gasteiger partial charge in [0.2, 0.25) is 13.6 Å². The van der Waals surface area contributed by atoms with Crippen molar-refractivity contribution in [3.05, 3.63) is 12.7 Å². The van der Waals surface area contributed by atoms with Crippen LogP contribution in [0.2, 0.25) is 0 Å². The number of ether oxygens (including phenoxy) is 3. The molecule has 0 spiro atoms. The summed E-state index contributed by atoms with van der Waals surface area (Å²) in [5, 5.41) is 14.0. The van der Waals surface area contributed by atoms with Gasteiger partial charge in [0.1, 0.15) is 24.7 Å². The Labute approximate surface area is 239 Å². The van der Waals surface area contributed by atoms with E-state index < -0.39 is 50.6 Å². The molecule has 0 bridgehead atoms. The fraction of sp³-hybridized carbons (Fsp3) is 0.708. The van der Waals surface area contributed by atoms with Crippen LogP contribution in [0.25, 0.3) is 11.2 Å². The van der Waals surface area contributed by atoms with Crippen LogP contribution >= 0.6 is 8.17 Å². The van der Waals surface area contributed by atoms with Crippen molar-refractivity contribution in [2.45, 2.75) is 66.7 Å². The summed E-state index contributed by atoms with van der Waals surface area (Å²) in [4.78, 5) is 47.3. The molecule has 1 fully saturated rings. The predicted molar refractivity (Wildman–Crippen MR) is 147 cm³/mol. The second-order valence-corrected chi connectivity index (χ2v) is 12.2. The number of aliphatic hydroxyl groups excluding tert-OH is 2. The minimum absolute atomic E-state index is 0.106. The number of anilines is 1. The van der Waals surface area contributed by atoms with Crippen LogP contribution in [0, 0.1) is 10.8 Å². The average molecular weight is 609 g/mol. The Bertz CT molecular complexity index is 1070. The van der Waals surface area contributed by atoms with E-state index in [-0.39, 0.29) is 18.7 Å². The van der Waals surface area contributed by atoms with Crippen LogP contribution in [0.1, 0.15) is 60.6 Å². The van der Waals surface area contributed by atoms with Crippen LogP contribution in [0.15, 0.2) is 12.7 Å². The second kappa shape index (κ2) is 16.2. The number of nitrogens with two attached hydrogens (primary N) is 1.